The second kappa shape index (κ2) is 6.36. The summed E-state index contributed by atoms with van der Waals surface area (Å²) in [6, 6.07) is 2.37. The summed E-state index contributed by atoms with van der Waals surface area (Å²) in [6.07, 6.45) is 4.21. The van der Waals surface area contributed by atoms with Crippen LogP contribution in [0.15, 0.2) is 29.6 Å². The molecule has 0 saturated carbocycles. The van der Waals surface area contributed by atoms with Crippen LogP contribution in [0.2, 0.25) is 0 Å². The number of hydrogen-bond donors (Lipinski definition) is 1. The number of rotatable bonds is 5. The monoisotopic (exact) mass is 352 g/mol. The number of piperidine rings is 1. The van der Waals surface area contributed by atoms with Gasteiger partial charge >= 0.3 is 0 Å². The van der Waals surface area contributed by atoms with E-state index in [1.54, 1.807) is 28.9 Å². The second-order valence-corrected chi connectivity index (χ2v) is 7.27. The molecular formula is C14H20N6O3S. The third-order valence-corrected chi connectivity index (χ3v) is 5.60. The van der Waals surface area contributed by atoms with Gasteiger partial charge in [0.25, 0.3) is 10.0 Å². The minimum absolute atomic E-state index is 0.0334. The molecule has 1 N–H and O–H groups in total. The maximum absolute atomic E-state index is 12.8. The van der Waals surface area contributed by atoms with Crippen molar-refractivity contribution in [2.24, 2.45) is 7.05 Å². The predicted molar refractivity (Wildman–Crippen MR) is 86.8 cm³/mol. The van der Waals surface area contributed by atoms with Crippen molar-refractivity contribution in [2.45, 2.75) is 37.4 Å². The van der Waals surface area contributed by atoms with Gasteiger partial charge in [-0.2, -0.15) is 14.9 Å². The highest BCUT2D eigenvalue weighted by atomic mass is 32.2. The number of sulfonamides is 1. The zero-order valence-electron chi connectivity index (χ0n) is 13.6. The fraction of sp³-hybridized carbons (Fsp3) is 0.500. The minimum atomic E-state index is -3.81. The van der Waals surface area contributed by atoms with Gasteiger partial charge in [-0.1, -0.05) is 0 Å². The topological polar surface area (TPSA) is 102 Å². The molecule has 1 aliphatic heterocycles. The maximum Gasteiger partial charge on any atom is 0.258 e. The lowest BCUT2D eigenvalue weighted by molar-refractivity contribution is -0.121. The van der Waals surface area contributed by atoms with Gasteiger partial charge in [0.05, 0.1) is 12.4 Å². The fourth-order valence-corrected chi connectivity index (χ4v) is 4.23. The summed E-state index contributed by atoms with van der Waals surface area (Å²) in [5, 5.41) is 8.07. The van der Waals surface area contributed by atoms with Crippen molar-refractivity contribution in [1.29, 1.82) is 0 Å². The van der Waals surface area contributed by atoms with Gasteiger partial charge in [-0.3, -0.25) is 14.4 Å². The van der Waals surface area contributed by atoms with Crippen molar-refractivity contribution in [3.8, 4) is 0 Å². The van der Waals surface area contributed by atoms with Gasteiger partial charge in [0.1, 0.15) is 11.9 Å². The molecular weight excluding hydrogens is 332 g/mol. The molecule has 0 aromatic carbocycles. The molecule has 0 spiro atoms. The highest BCUT2D eigenvalue weighted by molar-refractivity contribution is 7.89. The van der Waals surface area contributed by atoms with Crippen molar-refractivity contribution in [1.82, 2.24) is 24.3 Å². The molecule has 1 atom stereocenters. The van der Waals surface area contributed by atoms with E-state index in [-0.39, 0.29) is 10.9 Å². The van der Waals surface area contributed by atoms with Crippen LogP contribution in [0.3, 0.4) is 0 Å². The molecule has 2 aromatic rings. The van der Waals surface area contributed by atoms with E-state index in [9.17, 15) is 13.2 Å². The quantitative estimate of drug-likeness (QED) is 0.823. The Kier molecular flexibility index (Phi) is 4.41. The molecule has 3 rings (SSSR count). The Labute approximate surface area is 140 Å². The Morgan fingerprint density at radius 3 is 2.71 bits per heavy atom. The first kappa shape index (κ1) is 16.7. The maximum atomic E-state index is 12.8. The Bertz CT molecular complexity index is 840. The van der Waals surface area contributed by atoms with Crippen LogP contribution in [0.25, 0.3) is 0 Å². The van der Waals surface area contributed by atoms with Crippen LogP contribution >= 0.6 is 0 Å². The van der Waals surface area contributed by atoms with Gasteiger partial charge in [-0.05, 0) is 25.8 Å². The molecule has 130 valence electrons. The lowest BCUT2D eigenvalue weighted by Gasteiger charge is -2.32. The van der Waals surface area contributed by atoms with Crippen LogP contribution in [-0.4, -0.2) is 46.5 Å². The van der Waals surface area contributed by atoms with E-state index in [1.807, 2.05) is 6.92 Å². The normalized spacial score (nSPS) is 19.0. The molecule has 1 unspecified atom stereocenters. The standard InChI is InChI=1S/C14H20N6O3S/c1-3-20-12(6-8-16-20)19-10-4-5-11(14(19)21)17-24(22,23)13-7-9-15-18(13)2/h6-9,11,17H,3-5,10H2,1-2H3. The molecule has 1 fully saturated rings. The summed E-state index contributed by atoms with van der Waals surface area (Å²) < 4.78 is 30.5. The smallest absolute Gasteiger partial charge is 0.258 e. The van der Waals surface area contributed by atoms with Crippen LogP contribution < -0.4 is 9.62 Å². The Balaban J connectivity index is 1.82. The number of nitrogens with zero attached hydrogens (tertiary/aromatic N) is 5. The van der Waals surface area contributed by atoms with Crippen molar-refractivity contribution in [3.63, 3.8) is 0 Å². The number of carbonyl (C=O) groups excluding carboxylic acids is 1. The van der Waals surface area contributed by atoms with Crippen LogP contribution in [0.1, 0.15) is 19.8 Å². The van der Waals surface area contributed by atoms with E-state index >= 15 is 0 Å². The first-order valence-corrected chi connectivity index (χ1v) is 9.26. The molecule has 0 radical (unpaired) electrons. The summed E-state index contributed by atoms with van der Waals surface area (Å²) in [5.74, 6) is 0.425. The Morgan fingerprint density at radius 2 is 2.04 bits per heavy atom. The van der Waals surface area contributed by atoms with E-state index in [2.05, 4.69) is 14.9 Å². The van der Waals surface area contributed by atoms with E-state index < -0.39 is 16.1 Å². The highest BCUT2D eigenvalue weighted by Gasteiger charge is 2.34. The Morgan fingerprint density at radius 1 is 1.29 bits per heavy atom. The largest absolute Gasteiger partial charge is 0.296 e. The summed E-state index contributed by atoms with van der Waals surface area (Å²) in [4.78, 5) is 14.4. The summed E-state index contributed by atoms with van der Waals surface area (Å²) in [6.45, 7) is 3.12. The van der Waals surface area contributed by atoms with Crippen molar-refractivity contribution < 1.29 is 13.2 Å². The van der Waals surface area contributed by atoms with Crippen LogP contribution in [-0.2, 0) is 28.4 Å². The molecule has 0 bridgehead atoms. The average Bonchev–Trinajstić information content (AvgIpc) is 3.18. The lowest BCUT2D eigenvalue weighted by Crippen LogP contribution is -2.53. The number of aromatic nitrogens is 4. The van der Waals surface area contributed by atoms with Crippen LogP contribution in [0, 0.1) is 0 Å². The molecule has 1 aliphatic rings. The van der Waals surface area contributed by atoms with E-state index in [0.29, 0.717) is 31.7 Å². The van der Waals surface area contributed by atoms with Gasteiger partial charge in [0.15, 0.2) is 5.03 Å². The van der Waals surface area contributed by atoms with E-state index in [0.717, 1.165) is 0 Å². The number of aryl methyl sites for hydroxylation is 2. The van der Waals surface area contributed by atoms with E-state index in [1.165, 1.54) is 16.9 Å². The van der Waals surface area contributed by atoms with Gasteiger partial charge in [-0.15, -0.1) is 0 Å². The van der Waals surface area contributed by atoms with Crippen LogP contribution in [0.5, 0.6) is 0 Å². The zero-order valence-corrected chi connectivity index (χ0v) is 14.4. The fourth-order valence-electron chi connectivity index (χ4n) is 2.88. The Hall–Kier alpha value is -2.20. The molecule has 1 saturated heterocycles. The number of carbonyl (C=O) groups is 1. The van der Waals surface area contributed by atoms with Gasteiger partial charge in [0.2, 0.25) is 5.91 Å². The second-order valence-electron chi connectivity index (χ2n) is 5.60. The van der Waals surface area contributed by atoms with Crippen LogP contribution in [0.4, 0.5) is 5.82 Å². The van der Waals surface area contributed by atoms with Gasteiger partial charge < -0.3 is 0 Å². The zero-order chi connectivity index (χ0) is 17.3. The number of nitrogens with one attached hydrogen (secondary N) is 1. The average molecular weight is 352 g/mol. The highest BCUT2D eigenvalue weighted by Crippen LogP contribution is 2.22. The predicted octanol–water partition coefficient (Wildman–Crippen LogP) is 0.110. The van der Waals surface area contributed by atoms with E-state index in [4.69, 9.17) is 0 Å². The molecule has 3 heterocycles. The lowest BCUT2D eigenvalue weighted by atomic mass is 10.1. The molecule has 2 aromatic heterocycles. The SMILES string of the molecule is CCn1nccc1N1CCCC(NS(=O)(=O)c2ccnn2C)C1=O. The minimum Gasteiger partial charge on any atom is -0.296 e. The third-order valence-electron chi connectivity index (χ3n) is 4.06. The van der Waals surface area contributed by atoms with Gasteiger partial charge in [0, 0.05) is 26.2 Å². The molecule has 1 amide bonds. The van der Waals surface area contributed by atoms with Crippen molar-refractivity contribution >= 4 is 21.7 Å². The van der Waals surface area contributed by atoms with Crippen molar-refractivity contribution in [3.05, 3.63) is 24.5 Å². The molecule has 0 aliphatic carbocycles. The number of hydrogen-bond acceptors (Lipinski definition) is 5. The first-order valence-electron chi connectivity index (χ1n) is 7.77. The summed E-state index contributed by atoms with van der Waals surface area (Å²) in [7, 11) is -2.26. The van der Waals surface area contributed by atoms with Crippen molar-refractivity contribution in [2.75, 3.05) is 11.4 Å². The molecule has 10 heteroatoms. The third kappa shape index (κ3) is 2.94. The summed E-state index contributed by atoms with van der Waals surface area (Å²) in [5.41, 5.74) is 0. The first-order chi connectivity index (χ1) is 11.4. The molecule has 24 heavy (non-hydrogen) atoms. The van der Waals surface area contributed by atoms with Gasteiger partial charge in [-0.25, -0.2) is 13.1 Å². The molecule has 9 nitrogen and oxygen atoms in total. The number of amides is 1. The summed E-state index contributed by atoms with van der Waals surface area (Å²) >= 11 is 0. The number of anilines is 1.